The van der Waals surface area contributed by atoms with Crippen LogP contribution < -0.4 is 10.6 Å². The lowest BCUT2D eigenvalue weighted by molar-refractivity contribution is -0.157. The van der Waals surface area contributed by atoms with Crippen molar-refractivity contribution >= 4 is 29.8 Å². The van der Waals surface area contributed by atoms with E-state index < -0.39 is 29.3 Å². The van der Waals surface area contributed by atoms with Crippen molar-refractivity contribution in [3.05, 3.63) is 107 Å². The van der Waals surface area contributed by atoms with Gasteiger partial charge in [-0.05, 0) is 104 Å². The first-order chi connectivity index (χ1) is 35.0. The van der Waals surface area contributed by atoms with E-state index in [9.17, 15) is 24.0 Å². The van der Waals surface area contributed by atoms with Crippen LogP contribution in [-0.4, -0.2) is 143 Å². The minimum absolute atomic E-state index is 0.00314. The summed E-state index contributed by atoms with van der Waals surface area (Å²) < 4.78 is 39.4. The zero-order valence-electron chi connectivity index (χ0n) is 44.9. The molecule has 3 rings (SSSR count). The predicted molar refractivity (Wildman–Crippen MR) is 282 cm³/mol. The summed E-state index contributed by atoms with van der Waals surface area (Å²) in [7, 11) is 0. The van der Waals surface area contributed by atoms with E-state index in [1.807, 2.05) is 65.6 Å². The number of nitrogens with zero attached hydrogens (tertiary/aromatic N) is 2. The SMILES string of the molecule is Cc1ccc(CCC(=O)N(CCOCCOCCOCCOCCOCCN(Cc2ccccc2)C(=O)CCCCC(=O)NCCCC[C@H](NC(=O)OC(C)(C)C)C(=O)OC(C)(C)C)Cc2ccccc2)cc1. The van der Waals surface area contributed by atoms with Crippen molar-refractivity contribution in [2.24, 2.45) is 0 Å². The molecule has 0 spiro atoms. The maximum atomic E-state index is 13.3. The first-order valence-electron chi connectivity index (χ1n) is 26.0. The van der Waals surface area contributed by atoms with Crippen molar-refractivity contribution in [1.29, 1.82) is 0 Å². The van der Waals surface area contributed by atoms with E-state index in [4.69, 9.17) is 33.2 Å². The molecular weight excluding hydrogens is 933 g/mol. The molecule has 0 saturated carbocycles. The van der Waals surface area contributed by atoms with Gasteiger partial charge in [0.05, 0.1) is 66.1 Å². The van der Waals surface area contributed by atoms with Crippen LogP contribution in [0.15, 0.2) is 84.9 Å². The number of alkyl carbamates (subject to hydrolysis) is 1. The van der Waals surface area contributed by atoms with Crippen LogP contribution in [0.2, 0.25) is 0 Å². The highest BCUT2D eigenvalue weighted by Gasteiger charge is 2.28. The van der Waals surface area contributed by atoms with Crippen molar-refractivity contribution in [1.82, 2.24) is 20.4 Å². The Morgan fingerprint density at radius 3 is 1.44 bits per heavy atom. The first-order valence-corrected chi connectivity index (χ1v) is 26.0. The molecule has 0 bridgehead atoms. The Morgan fingerprint density at radius 1 is 0.507 bits per heavy atom. The van der Waals surface area contributed by atoms with Gasteiger partial charge in [-0.15, -0.1) is 0 Å². The molecule has 406 valence electrons. The van der Waals surface area contributed by atoms with Gasteiger partial charge in [0.15, 0.2) is 0 Å². The third kappa shape index (κ3) is 31.1. The van der Waals surface area contributed by atoms with Crippen molar-refractivity contribution in [2.45, 2.75) is 137 Å². The Balaban J connectivity index is 1.21. The second-order valence-corrected chi connectivity index (χ2v) is 19.9. The number of carbonyl (C=O) groups is 5. The van der Waals surface area contributed by atoms with Crippen molar-refractivity contribution < 1.29 is 57.1 Å². The van der Waals surface area contributed by atoms with Gasteiger partial charge in [0, 0.05) is 52.0 Å². The van der Waals surface area contributed by atoms with E-state index >= 15 is 0 Å². The molecule has 0 radical (unpaired) electrons. The van der Waals surface area contributed by atoms with Crippen LogP contribution in [0.5, 0.6) is 0 Å². The molecule has 0 unspecified atom stereocenters. The molecular formula is C57H86N4O12. The number of ether oxygens (including phenoxy) is 7. The van der Waals surface area contributed by atoms with Crippen LogP contribution in [-0.2, 0) is 71.8 Å². The van der Waals surface area contributed by atoms with Gasteiger partial charge in [0.25, 0.3) is 0 Å². The van der Waals surface area contributed by atoms with Crippen LogP contribution in [0.1, 0.15) is 115 Å². The number of hydrogen-bond acceptors (Lipinski definition) is 12. The lowest BCUT2D eigenvalue weighted by Gasteiger charge is -2.26. The van der Waals surface area contributed by atoms with E-state index in [0.29, 0.717) is 157 Å². The fourth-order valence-electron chi connectivity index (χ4n) is 7.27. The van der Waals surface area contributed by atoms with E-state index in [-0.39, 0.29) is 17.7 Å². The van der Waals surface area contributed by atoms with Gasteiger partial charge in [0.1, 0.15) is 17.2 Å². The maximum absolute atomic E-state index is 13.3. The number of carbonyl (C=O) groups excluding carboxylic acids is 5. The Morgan fingerprint density at radius 2 is 0.959 bits per heavy atom. The fraction of sp³-hybridized carbons (Fsp3) is 0.596. The van der Waals surface area contributed by atoms with Gasteiger partial charge in [-0.1, -0.05) is 90.5 Å². The normalized spacial score (nSPS) is 11.9. The average molecular weight is 1020 g/mol. The molecule has 4 amide bonds. The minimum Gasteiger partial charge on any atom is -0.458 e. The molecule has 0 saturated heterocycles. The van der Waals surface area contributed by atoms with E-state index in [2.05, 4.69) is 41.8 Å². The van der Waals surface area contributed by atoms with Crippen molar-refractivity contribution in [2.75, 3.05) is 85.7 Å². The number of hydrogen-bond donors (Lipinski definition) is 2. The number of amides is 4. The fourth-order valence-corrected chi connectivity index (χ4v) is 7.27. The van der Waals surface area contributed by atoms with Gasteiger partial charge in [-0.3, -0.25) is 14.4 Å². The Labute approximate surface area is 435 Å². The van der Waals surface area contributed by atoms with E-state index in [1.54, 1.807) is 46.4 Å². The number of rotatable bonds is 37. The standard InChI is InChI=1S/C57H86N4O12/c1-46-25-27-47(28-26-46)29-30-53(64)61(45-49-20-12-9-13-21-49)33-35-68-37-39-70-41-43-71-42-40-69-38-36-67-34-32-60(44-48-18-10-8-11-19-48)52(63)24-15-14-23-51(62)58-31-17-16-22-50(54(65)72-56(2,3)4)59-55(66)73-57(5,6)7/h8-13,18-21,25-28,50H,14-17,22-24,29-45H2,1-7H3,(H,58,62)(H,59,66)/t50-/m0/s1. The van der Waals surface area contributed by atoms with E-state index in [0.717, 1.165) is 16.7 Å². The molecule has 0 aliphatic heterocycles. The van der Waals surface area contributed by atoms with Crippen LogP contribution in [0, 0.1) is 6.92 Å². The number of aryl methyl sites for hydroxylation is 2. The number of unbranched alkanes of at least 4 members (excludes halogenated alkanes) is 2. The second kappa shape index (κ2) is 35.7. The lowest BCUT2D eigenvalue weighted by atomic mass is 10.1. The van der Waals surface area contributed by atoms with E-state index in [1.165, 1.54) is 5.56 Å². The molecule has 16 heteroatoms. The summed E-state index contributed by atoms with van der Waals surface area (Å²) in [4.78, 5) is 67.9. The highest BCUT2D eigenvalue weighted by Crippen LogP contribution is 2.15. The summed E-state index contributed by atoms with van der Waals surface area (Å²) in [5.41, 5.74) is 3.03. The molecule has 0 aliphatic carbocycles. The molecule has 0 aliphatic rings. The summed E-state index contributed by atoms with van der Waals surface area (Å²) in [6.45, 7) is 19.0. The van der Waals surface area contributed by atoms with Gasteiger partial charge in [-0.25, -0.2) is 9.59 Å². The van der Waals surface area contributed by atoms with Gasteiger partial charge in [0.2, 0.25) is 17.7 Å². The number of esters is 1. The van der Waals surface area contributed by atoms with Crippen LogP contribution in [0.3, 0.4) is 0 Å². The van der Waals surface area contributed by atoms with Gasteiger partial charge in [-0.2, -0.15) is 0 Å². The third-order valence-corrected chi connectivity index (χ3v) is 11.1. The largest absolute Gasteiger partial charge is 0.458 e. The summed E-state index contributed by atoms with van der Waals surface area (Å²) in [6, 6.07) is 27.2. The average Bonchev–Trinajstić information content (AvgIpc) is 3.34. The Bertz CT molecular complexity index is 1990. The van der Waals surface area contributed by atoms with Gasteiger partial charge >= 0.3 is 12.1 Å². The van der Waals surface area contributed by atoms with Gasteiger partial charge < -0.3 is 53.6 Å². The molecule has 3 aromatic carbocycles. The molecule has 73 heavy (non-hydrogen) atoms. The Kier molecular flexibility index (Phi) is 30.3. The molecule has 1 atom stereocenters. The molecule has 0 aromatic heterocycles. The second-order valence-electron chi connectivity index (χ2n) is 19.9. The summed E-state index contributed by atoms with van der Waals surface area (Å²) in [6.07, 6.45) is 3.68. The third-order valence-electron chi connectivity index (χ3n) is 11.1. The Hall–Kier alpha value is -5.39. The predicted octanol–water partition coefficient (Wildman–Crippen LogP) is 8.15. The van der Waals surface area contributed by atoms with Crippen LogP contribution in [0.25, 0.3) is 0 Å². The zero-order chi connectivity index (χ0) is 53.2. The molecule has 0 fully saturated rings. The molecule has 3 aromatic rings. The molecule has 16 nitrogen and oxygen atoms in total. The topological polar surface area (TPSA) is 180 Å². The van der Waals surface area contributed by atoms with Crippen molar-refractivity contribution in [3.63, 3.8) is 0 Å². The van der Waals surface area contributed by atoms with Crippen LogP contribution >= 0.6 is 0 Å². The summed E-state index contributed by atoms with van der Waals surface area (Å²) in [5.74, 6) is -0.540. The smallest absolute Gasteiger partial charge is 0.408 e. The monoisotopic (exact) mass is 1020 g/mol. The summed E-state index contributed by atoms with van der Waals surface area (Å²) >= 11 is 0. The summed E-state index contributed by atoms with van der Waals surface area (Å²) in [5, 5.41) is 5.54. The van der Waals surface area contributed by atoms with Crippen LogP contribution in [0.4, 0.5) is 4.79 Å². The number of nitrogens with one attached hydrogen (secondary N) is 2. The maximum Gasteiger partial charge on any atom is 0.408 e. The first kappa shape index (κ1) is 61.9. The minimum atomic E-state index is -0.875. The molecule has 0 heterocycles. The molecule has 2 N–H and O–H groups in total. The lowest BCUT2D eigenvalue weighted by Crippen LogP contribution is -2.46. The zero-order valence-corrected chi connectivity index (χ0v) is 44.9. The van der Waals surface area contributed by atoms with Crippen molar-refractivity contribution in [3.8, 4) is 0 Å². The quantitative estimate of drug-likeness (QED) is 0.0419. The number of benzene rings is 3. The highest BCUT2D eigenvalue weighted by atomic mass is 16.6. The highest BCUT2D eigenvalue weighted by molar-refractivity contribution is 5.82.